The quantitative estimate of drug-likeness (QED) is 0.575. The number of hydrogen-bond donors (Lipinski definition) is 0. The zero-order valence-electron chi connectivity index (χ0n) is 8.78. The second kappa shape index (κ2) is 5.07. The zero-order valence-corrected chi connectivity index (χ0v) is 8.78. The number of rotatable bonds is 4. The molecule has 0 radical (unpaired) electrons. The highest BCUT2D eigenvalue weighted by atomic mass is 16.3. The van der Waals surface area contributed by atoms with Gasteiger partial charge in [-0.3, -0.25) is 0 Å². The molecule has 0 aliphatic carbocycles. The number of benzene rings is 2. The molecular formula is C13H12N2O. The molecule has 0 aliphatic rings. The maximum Gasteiger partial charge on any atom is 0.0698 e. The number of hydrogen-bond acceptors (Lipinski definition) is 2. The van der Waals surface area contributed by atoms with Crippen LogP contribution in [-0.2, 0) is 6.54 Å². The van der Waals surface area contributed by atoms with Gasteiger partial charge in [0.25, 0.3) is 0 Å². The van der Waals surface area contributed by atoms with E-state index in [2.05, 4.69) is 5.29 Å². The first kappa shape index (κ1) is 10.4. The fraction of sp³-hybridized carbons (Fsp3) is 0.0769. The van der Waals surface area contributed by atoms with Gasteiger partial charge >= 0.3 is 0 Å². The van der Waals surface area contributed by atoms with Crippen molar-refractivity contribution in [3.63, 3.8) is 0 Å². The van der Waals surface area contributed by atoms with Gasteiger partial charge in [-0.05, 0) is 17.7 Å². The van der Waals surface area contributed by atoms with Crippen molar-refractivity contribution in [2.75, 3.05) is 5.01 Å². The summed E-state index contributed by atoms with van der Waals surface area (Å²) in [6.07, 6.45) is 0. The van der Waals surface area contributed by atoms with Gasteiger partial charge < -0.3 is 0 Å². The van der Waals surface area contributed by atoms with Gasteiger partial charge in [0.1, 0.15) is 0 Å². The predicted octanol–water partition coefficient (Wildman–Crippen LogP) is 3.37. The minimum atomic E-state index is 0.494. The molecule has 0 fully saturated rings. The third-order valence-corrected chi connectivity index (χ3v) is 2.33. The van der Waals surface area contributed by atoms with Crippen LogP contribution >= 0.6 is 0 Å². The lowest BCUT2D eigenvalue weighted by molar-refractivity contribution is 0.847. The summed E-state index contributed by atoms with van der Waals surface area (Å²) < 4.78 is 0. The lowest BCUT2D eigenvalue weighted by atomic mass is 10.2. The molecule has 0 atom stereocenters. The van der Waals surface area contributed by atoms with E-state index in [4.69, 9.17) is 0 Å². The molecule has 0 saturated heterocycles. The Kier molecular flexibility index (Phi) is 3.28. The van der Waals surface area contributed by atoms with Crippen molar-refractivity contribution >= 4 is 5.69 Å². The molecule has 0 unspecified atom stereocenters. The van der Waals surface area contributed by atoms with Gasteiger partial charge in [0.05, 0.1) is 17.5 Å². The molecule has 0 aromatic heterocycles. The number of nitrogens with zero attached hydrogens (tertiary/aromatic N) is 2. The molecule has 0 spiro atoms. The van der Waals surface area contributed by atoms with Crippen molar-refractivity contribution in [2.24, 2.45) is 5.29 Å². The van der Waals surface area contributed by atoms with Gasteiger partial charge in [0.2, 0.25) is 0 Å². The average Bonchev–Trinajstić information content (AvgIpc) is 2.38. The topological polar surface area (TPSA) is 32.7 Å². The summed E-state index contributed by atoms with van der Waals surface area (Å²) in [5.74, 6) is 0. The van der Waals surface area contributed by atoms with Crippen LogP contribution in [0.5, 0.6) is 0 Å². The van der Waals surface area contributed by atoms with Crippen molar-refractivity contribution in [3.8, 4) is 0 Å². The molecule has 3 heteroatoms. The molecule has 2 aromatic carbocycles. The average molecular weight is 212 g/mol. The molecule has 0 aliphatic heterocycles. The first-order valence-corrected chi connectivity index (χ1v) is 5.10. The summed E-state index contributed by atoms with van der Waals surface area (Å²) in [4.78, 5) is 10.8. The third kappa shape index (κ3) is 2.45. The first-order valence-electron chi connectivity index (χ1n) is 5.10. The standard InChI is InChI=1S/C13H12N2O/c16-14-15(13-9-5-2-6-10-13)11-12-7-3-1-4-8-12/h1-10H,11H2. The Bertz CT molecular complexity index is 442. The summed E-state index contributed by atoms with van der Waals surface area (Å²) in [7, 11) is 0. The van der Waals surface area contributed by atoms with Gasteiger partial charge in [-0.15, -0.1) is 4.91 Å². The molecule has 16 heavy (non-hydrogen) atoms. The first-order chi connectivity index (χ1) is 7.90. The lowest BCUT2D eigenvalue weighted by Gasteiger charge is -2.14. The molecule has 0 saturated carbocycles. The van der Waals surface area contributed by atoms with E-state index in [0.29, 0.717) is 6.54 Å². The SMILES string of the molecule is O=NN(Cc1ccccc1)c1ccccc1. The predicted molar refractivity (Wildman–Crippen MR) is 64.9 cm³/mol. The Balaban J connectivity index is 2.16. The van der Waals surface area contributed by atoms with Gasteiger partial charge in [0, 0.05) is 0 Å². The molecule has 0 N–H and O–H groups in total. The second-order valence-electron chi connectivity index (χ2n) is 3.46. The van der Waals surface area contributed by atoms with Gasteiger partial charge in [0.15, 0.2) is 0 Å². The van der Waals surface area contributed by atoms with E-state index in [1.807, 2.05) is 60.7 Å². The van der Waals surface area contributed by atoms with E-state index in [-0.39, 0.29) is 0 Å². The van der Waals surface area contributed by atoms with Crippen molar-refractivity contribution < 1.29 is 0 Å². The normalized spacial score (nSPS) is 9.75. The highest BCUT2D eigenvalue weighted by Gasteiger charge is 2.05. The molecule has 0 amide bonds. The van der Waals surface area contributed by atoms with Crippen LogP contribution in [0.2, 0.25) is 0 Å². The van der Waals surface area contributed by atoms with E-state index in [0.717, 1.165) is 11.3 Å². The molecule has 2 rings (SSSR count). The maximum atomic E-state index is 10.8. The van der Waals surface area contributed by atoms with Crippen molar-refractivity contribution in [1.82, 2.24) is 0 Å². The van der Waals surface area contributed by atoms with Crippen LogP contribution < -0.4 is 5.01 Å². The van der Waals surface area contributed by atoms with Crippen molar-refractivity contribution in [1.29, 1.82) is 0 Å². The Morgan fingerprint density at radius 2 is 1.44 bits per heavy atom. The number of anilines is 1. The number of para-hydroxylation sites is 1. The van der Waals surface area contributed by atoms with E-state index < -0.39 is 0 Å². The Morgan fingerprint density at radius 1 is 0.875 bits per heavy atom. The van der Waals surface area contributed by atoms with Crippen LogP contribution in [0.3, 0.4) is 0 Å². The van der Waals surface area contributed by atoms with Crippen LogP contribution in [0.25, 0.3) is 0 Å². The van der Waals surface area contributed by atoms with E-state index in [1.54, 1.807) is 0 Å². The fourth-order valence-corrected chi connectivity index (χ4v) is 1.52. The Morgan fingerprint density at radius 3 is 2.00 bits per heavy atom. The van der Waals surface area contributed by atoms with Crippen molar-refractivity contribution in [2.45, 2.75) is 6.54 Å². The van der Waals surface area contributed by atoms with Crippen molar-refractivity contribution in [3.05, 3.63) is 71.1 Å². The fourth-order valence-electron chi connectivity index (χ4n) is 1.52. The summed E-state index contributed by atoms with van der Waals surface area (Å²) >= 11 is 0. The molecule has 0 heterocycles. The van der Waals surface area contributed by atoms with Gasteiger partial charge in [-0.25, -0.2) is 5.01 Å². The molecule has 3 nitrogen and oxygen atoms in total. The Hall–Kier alpha value is -2.16. The van der Waals surface area contributed by atoms with Crippen LogP contribution in [-0.4, -0.2) is 0 Å². The highest BCUT2D eigenvalue weighted by Crippen LogP contribution is 2.16. The van der Waals surface area contributed by atoms with E-state index in [9.17, 15) is 4.91 Å². The Labute approximate surface area is 94.3 Å². The molecule has 2 aromatic rings. The smallest absolute Gasteiger partial charge is 0.0698 e. The van der Waals surface area contributed by atoms with Crippen LogP contribution in [0.15, 0.2) is 65.9 Å². The third-order valence-electron chi connectivity index (χ3n) is 2.33. The summed E-state index contributed by atoms with van der Waals surface area (Å²) in [6, 6.07) is 19.2. The largest absolute Gasteiger partial charge is 0.225 e. The zero-order chi connectivity index (χ0) is 11.2. The second-order valence-corrected chi connectivity index (χ2v) is 3.46. The van der Waals surface area contributed by atoms with Gasteiger partial charge in [-0.2, -0.15) is 0 Å². The minimum absolute atomic E-state index is 0.494. The van der Waals surface area contributed by atoms with Crippen LogP contribution in [0.1, 0.15) is 5.56 Å². The van der Waals surface area contributed by atoms with Gasteiger partial charge in [-0.1, -0.05) is 48.5 Å². The molecular weight excluding hydrogens is 200 g/mol. The summed E-state index contributed by atoms with van der Waals surface area (Å²) in [5, 5.41) is 4.48. The summed E-state index contributed by atoms with van der Waals surface area (Å²) in [5.41, 5.74) is 1.87. The maximum absolute atomic E-state index is 10.8. The van der Waals surface area contributed by atoms with Crippen LogP contribution in [0, 0.1) is 4.91 Å². The molecule has 0 bridgehead atoms. The van der Waals surface area contributed by atoms with Crippen LogP contribution in [0.4, 0.5) is 5.69 Å². The highest BCUT2D eigenvalue weighted by molar-refractivity contribution is 5.45. The monoisotopic (exact) mass is 212 g/mol. The molecule has 80 valence electrons. The van der Waals surface area contributed by atoms with E-state index in [1.165, 1.54) is 5.01 Å². The minimum Gasteiger partial charge on any atom is -0.225 e. The summed E-state index contributed by atoms with van der Waals surface area (Å²) in [6.45, 7) is 0.494. The lowest BCUT2D eigenvalue weighted by Crippen LogP contribution is -2.14. The van der Waals surface area contributed by atoms with E-state index >= 15 is 0 Å². The number of nitroso groups, excluding NO2 is 1.